The summed E-state index contributed by atoms with van der Waals surface area (Å²) in [5, 5.41) is 0. The fourth-order valence-electron chi connectivity index (χ4n) is 1.04. The average Bonchev–Trinajstić information content (AvgIpc) is 2.44. The van der Waals surface area contributed by atoms with E-state index in [1.54, 1.807) is 6.26 Å². The molecule has 2 nitrogen and oxygen atoms in total. The topological polar surface area (TPSA) is 39.2 Å². The molecular weight excluding hydrogens is 114 g/mol. The second kappa shape index (κ2) is 1.61. The minimum Gasteiger partial charge on any atom is -0.469 e. The molecule has 0 aliphatic heterocycles. The van der Waals surface area contributed by atoms with Crippen LogP contribution in [-0.2, 0) is 0 Å². The van der Waals surface area contributed by atoms with Crippen molar-refractivity contribution >= 4 is 0 Å². The predicted molar refractivity (Wildman–Crippen MR) is 34.0 cm³/mol. The second-order valence-electron chi connectivity index (χ2n) is 2.52. The Morgan fingerprint density at radius 1 is 1.67 bits per heavy atom. The molecule has 9 heavy (non-hydrogen) atoms. The van der Waals surface area contributed by atoms with Crippen molar-refractivity contribution in [3.05, 3.63) is 24.2 Å². The van der Waals surface area contributed by atoms with E-state index in [0.29, 0.717) is 12.0 Å². The van der Waals surface area contributed by atoms with Crippen molar-refractivity contribution in [2.24, 2.45) is 5.73 Å². The minimum absolute atomic E-state index is 0.358. The van der Waals surface area contributed by atoms with Gasteiger partial charge in [-0.25, -0.2) is 0 Å². The van der Waals surface area contributed by atoms with Crippen molar-refractivity contribution in [3.63, 3.8) is 0 Å². The van der Waals surface area contributed by atoms with Crippen LogP contribution in [0.1, 0.15) is 18.1 Å². The summed E-state index contributed by atoms with van der Waals surface area (Å²) in [7, 11) is 0. The molecule has 0 unspecified atom stereocenters. The van der Waals surface area contributed by atoms with Crippen LogP contribution in [0.3, 0.4) is 0 Å². The molecule has 0 aromatic carbocycles. The summed E-state index contributed by atoms with van der Waals surface area (Å²) in [4.78, 5) is 0. The molecule has 0 radical (unpaired) electrons. The van der Waals surface area contributed by atoms with Gasteiger partial charge in [0.25, 0.3) is 0 Å². The molecule has 0 spiro atoms. The van der Waals surface area contributed by atoms with E-state index >= 15 is 0 Å². The lowest BCUT2D eigenvalue weighted by molar-refractivity contribution is 0.509. The molecule has 2 atom stereocenters. The standard InChI is InChI=1S/C7H9NO/c8-6-4-5(6)7-2-1-3-9-7/h1-3,5-6H,4,8H2/t5-,6+/m0/s1. The van der Waals surface area contributed by atoms with Gasteiger partial charge in [-0.15, -0.1) is 0 Å². The van der Waals surface area contributed by atoms with Crippen LogP contribution in [0.15, 0.2) is 22.8 Å². The van der Waals surface area contributed by atoms with Crippen molar-refractivity contribution in [3.8, 4) is 0 Å². The number of furan rings is 1. The van der Waals surface area contributed by atoms with E-state index < -0.39 is 0 Å². The van der Waals surface area contributed by atoms with Crippen molar-refractivity contribution in [1.82, 2.24) is 0 Å². The maximum atomic E-state index is 5.60. The Kier molecular flexibility index (Phi) is 0.904. The van der Waals surface area contributed by atoms with Crippen LogP contribution >= 0.6 is 0 Å². The molecular formula is C7H9NO. The van der Waals surface area contributed by atoms with Crippen LogP contribution in [0, 0.1) is 0 Å². The van der Waals surface area contributed by atoms with E-state index in [0.717, 1.165) is 12.2 Å². The zero-order valence-electron chi connectivity index (χ0n) is 5.08. The molecule has 1 aromatic heterocycles. The molecule has 2 N–H and O–H groups in total. The van der Waals surface area contributed by atoms with Gasteiger partial charge in [0.1, 0.15) is 5.76 Å². The summed E-state index contributed by atoms with van der Waals surface area (Å²) < 4.78 is 5.15. The summed E-state index contributed by atoms with van der Waals surface area (Å²) in [5.41, 5.74) is 5.60. The molecule has 1 aliphatic carbocycles. The van der Waals surface area contributed by atoms with Crippen LogP contribution in [0.2, 0.25) is 0 Å². The normalized spacial score (nSPS) is 32.6. The Hall–Kier alpha value is -0.760. The lowest BCUT2D eigenvalue weighted by Gasteiger charge is -1.86. The summed E-state index contributed by atoms with van der Waals surface area (Å²) >= 11 is 0. The molecule has 0 bridgehead atoms. The largest absolute Gasteiger partial charge is 0.469 e. The average molecular weight is 123 g/mol. The highest BCUT2D eigenvalue weighted by atomic mass is 16.3. The van der Waals surface area contributed by atoms with Crippen LogP contribution < -0.4 is 5.73 Å². The molecule has 1 aliphatic rings. The first kappa shape index (κ1) is 5.06. The smallest absolute Gasteiger partial charge is 0.108 e. The molecule has 1 fully saturated rings. The van der Waals surface area contributed by atoms with Crippen LogP contribution in [0.25, 0.3) is 0 Å². The highest BCUT2D eigenvalue weighted by molar-refractivity contribution is 5.17. The third kappa shape index (κ3) is 0.754. The van der Waals surface area contributed by atoms with Crippen molar-refractivity contribution < 1.29 is 4.42 Å². The van der Waals surface area contributed by atoms with Crippen molar-refractivity contribution in [1.29, 1.82) is 0 Å². The van der Waals surface area contributed by atoms with E-state index in [2.05, 4.69) is 0 Å². The van der Waals surface area contributed by atoms with Gasteiger partial charge in [0.2, 0.25) is 0 Å². The van der Waals surface area contributed by atoms with Crippen molar-refractivity contribution in [2.45, 2.75) is 18.4 Å². The van der Waals surface area contributed by atoms with E-state index in [-0.39, 0.29) is 0 Å². The summed E-state index contributed by atoms with van der Waals surface area (Å²) in [6.07, 6.45) is 2.79. The maximum Gasteiger partial charge on any atom is 0.108 e. The SMILES string of the molecule is N[C@@H]1C[C@@H]1c1ccco1. The summed E-state index contributed by atoms with van der Waals surface area (Å²) in [6, 6.07) is 4.24. The van der Waals surface area contributed by atoms with Crippen LogP contribution in [0.5, 0.6) is 0 Å². The van der Waals surface area contributed by atoms with Crippen molar-refractivity contribution in [2.75, 3.05) is 0 Å². The van der Waals surface area contributed by atoms with E-state index in [1.807, 2.05) is 12.1 Å². The Bertz CT molecular complexity index is 193. The number of nitrogens with two attached hydrogens (primary N) is 1. The fraction of sp³-hybridized carbons (Fsp3) is 0.429. The van der Waals surface area contributed by atoms with E-state index in [1.165, 1.54) is 0 Å². The van der Waals surface area contributed by atoms with E-state index in [9.17, 15) is 0 Å². The van der Waals surface area contributed by atoms with Gasteiger partial charge in [0.15, 0.2) is 0 Å². The highest BCUT2D eigenvalue weighted by Gasteiger charge is 2.36. The highest BCUT2D eigenvalue weighted by Crippen LogP contribution is 2.38. The van der Waals surface area contributed by atoms with E-state index in [4.69, 9.17) is 10.2 Å². The zero-order chi connectivity index (χ0) is 6.27. The first-order valence-corrected chi connectivity index (χ1v) is 3.17. The molecule has 1 aromatic rings. The second-order valence-corrected chi connectivity index (χ2v) is 2.52. The Morgan fingerprint density at radius 2 is 2.44 bits per heavy atom. The number of hydrogen-bond acceptors (Lipinski definition) is 2. The summed E-state index contributed by atoms with van der Waals surface area (Å²) in [5.74, 6) is 1.56. The summed E-state index contributed by atoms with van der Waals surface area (Å²) in [6.45, 7) is 0. The van der Waals surface area contributed by atoms with Crippen LogP contribution in [0.4, 0.5) is 0 Å². The molecule has 48 valence electrons. The quantitative estimate of drug-likeness (QED) is 0.607. The molecule has 1 heterocycles. The molecule has 0 saturated heterocycles. The number of hydrogen-bond donors (Lipinski definition) is 1. The molecule has 2 rings (SSSR count). The van der Waals surface area contributed by atoms with Gasteiger partial charge in [0.05, 0.1) is 6.26 Å². The van der Waals surface area contributed by atoms with Gasteiger partial charge in [-0.3, -0.25) is 0 Å². The lowest BCUT2D eigenvalue weighted by Crippen LogP contribution is -1.99. The fourth-order valence-corrected chi connectivity index (χ4v) is 1.04. The maximum absolute atomic E-state index is 5.60. The van der Waals surface area contributed by atoms with Gasteiger partial charge >= 0.3 is 0 Å². The first-order valence-electron chi connectivity index (χ1n) is 3.17. The van der Waals surface area contributed by atoms with Gasteiger partial charge in [0, 0.05) is 12.0 Å². The molecule has 2 heteroatoms. The van der Waals surface area contributed by atoms with Gasteiger partial charge < -0.3 is 10.2 Å². The Morgan fingerprint density at radius 3 is 2.89 bits per heavy atom. The minimum atomic E-state index is 0.358. The van der Waals surface area contributed by atoms with Crippen LogP contribution in [-0.4, -0.2) is 6.04 Å². The Labute approximate surface area is 53.7 Å². The third-order valence-electron chi connectivity index (χ3n) is 1.75. The molecule has 1 saturated carbocycles. The zero-order valence-corrected chi connectivity index (χ0v) is 5.08. The predicted octanol–water partition coefficient (Wildman–Crippen LogP) is 1.09. The first-order chi connectivity index (χ1) is 4.38. The molecule has 0 amide bonds. The van der Waals surface area contributed by atoms with Gasteiger partial charge in [-0.2, -0.15) is 0 Å². The number of rotatable bonds is 1. The van der Waals surface area contributed by atoms with Gasteiger partial charge in [-0.1, -0.05) is 0 Å². The Balaban J connectivity index is 2.18. The lowest BCUT2D eigenvalue weighted by atomic mass is 10.3. The third-order valence-corrected chi connectivity index (χ3v) is 1.75. The monoisotopic (exact) mass is 123 g/mol. The van der Waals surface area contributed by atoms with Gasteiger partial charge in [-0.05, 0) is 18.6 Å².